The lowest BCUT2D eigenvalue weighted by atomic mass is 10.3. The van der Waals surface area contributed by atoms with Gasteiger partial charge in [-0.25, -0.2) is 0 Å². The molecule has 0 saturated carbocycles. The molecule has 0 spiro atoms. The minimum atomic E-state index is -3.34. The molecule has 5 nitrogen and oxygen atoms in total. The fourth-order valence-corrected chi connectivity index (χ4v) is 3.45. The van der Waals surface area contributed by atoms with Gasteiger partial charge in [-0.2, -0.15) is 0 Å². The summed E-state index contributed by atoms with van der Waals surface area (Å²) in [6.45, 7) is 3.91. The van der Waals surface area contributed by atoms with Crippen LogP contribution in [0.15, 0.2) is 24.3 Å². The van der Waals surface area contributed by atoms with Gasteiger partial charge in [0, 0.05) is 3.57 Å². The molecule has 0 fully saturated rings. The summed E-state index contributed by atoms with van der Waals surface area (Å²) in [5.74, 6) is -0.380. The first kappa shape index (κ1) is 16.6. The van der Waals surface area contributed by atoms with E-state index < -0.39 is 7.60 Å². The molecule has 1 aromatic rings. The number of rotatable bonds is 7. The number of benzene rings is 1. The second kappa shape index (κ2) is 7.99. The molecule has 0 bridgehead atoms. The Hall–Kier alpha value is -0.430. The lowest BCUT2D eigenvalue weighted by Crippen LogP contribution is -2.18. The van der Waals surface area contributed by atoms with E-state index in [0.29, 0.717) is 5.69 Å². The van der Waals surface area contributed by atoms with Gasteiger partial charge in [0.1, 0.15) is 6.16 Å². The fraction of sp³-hybridized carbons (Fsp3) is 0.417. The van der Waals surface area contributed by atoms with E-state index in [1.807, 2.05) is 18.2 Å². The average Bonchev–Trinajstić information content (AvgIpc) is 2.32. The minimum absolute atomic E-state index is 0.243. The summed E-state index contributed by atoms with van der Waals surface area (Å²) in [5.41, 5.74) is 0.688. The molecular weight excluding hydrogens is 380 g/mol. The number of nitrogens with one attached hydrogen (secondary N) is 1. The topological polar surface area (TPSA) is 64.6 Å². The highest BCUT2D eigenvalue weighted by Crippen LogP contribution is 2.47. The zero-order chi connectivity index (χ0) is 14.3. The number of carbonyl (C=O) groups excluding carboxylic acids is 1. The van der Waals surface area contributed by atoms with Crippen LogP contribution in [-0.4, -0.2) is 25.3 Å². The van der Waals surface area contributed by atoms with Crippen molar-refractivity contribution in [3.63, 3.8) is 0 Å². The summed E-state index contributed by atoms with van der Waals surface area (Å²) in [7, 11) is -3.34. The monoisotopic (exact) mass is 397 g/mol. The van der Waals surface area contributed by atoms with Gasteiger partial charge in [-0.15, -0.1) is 0 Å². The van der Waals surface area contributed by atoms with E-state index >= 15 is 0 Å². The SMILES string of the molecule is CCOP(=O)(CC(=O)Nc1ccccc1I)OCC. The number of para-hydroxylation sites is 1. The molecule has 1 rings (SSSR count). The molecule has 0 aliphatic rings. The van der Waals surface area contributed by atoms with Gasteiger partial charge in [0.15, 0.2) is 0 Å². The Morgan fingerprint density at radius 1 is 1.26 bits per heavy atom. The Balaban J connectivity index is 2.68. The standard InChI is InChI=1S/C12H17INO4P/c1-3-17-19(16,18-4-2)9-12(15)14-11-8-6-5-7-10(11)13/h5-8H,3-4,9H2,1-2H3,(H,14,15). The van der Waals surface area contributed by atoms with Crippen LogP contribution in [-0.2, 0) is 18.4 Å². The minimum Gasteiger partial charge on any atom is -0.325 e. The van der Waals surface area contributed by atoms with Gasteiger partial charge in [0.25, 0.3) is 0 Å². The van der Waals surface area contributed by atoms with E-state index in [0.717, 1.165) is 3.57 Å². The molecule has 7 heteroatoms. The first-order valence-corrected chi connectivity index (χ1v) is 8.74. The highest BCUT2D eigenvalue weighted by atomic mass is 127. The van der Waals surface area contributed by atoms with Crippen LogP contribution in [0.2, 0.25) is 0 Å². The molecule has 0 atom stereocenters. The maximum absolute atomic E-state index is 12.2. The zero-order valence-electron chi connectivity index (χ0n) is 10.9. The fourth-order valence-electron chi connectivity index (χ4n) is 1.45. The van der Waals surface area contributed by atoms with E-state index in [2.05, 4.69) is 27.9 Å². The van der Waals surface area contributed by atoms with Crippen molar-refractivity contribution >= 4 is 41.8 Å². The molecular formula is C12H17INO4P. The Labute approximate surface area is 126 Å². The number of anilines is 1. The van der Waals surface area contributed by atoms with Crippen molar-refractivity contribution in [2.75, 3.05) is 24.7 Å². The third kappa shape index (κ3) is 5.60. The molecule has 1 N–H and O–H groups in total. The molecule has 0 aliphatic heterocycles. The molecule has 1 amide bonds. The molecule has 0 radical (unpaired) electrons. The van der Waals surface area contributed by atoms with Gasteiger partial charge in [-0.3, -0.25) is 9.36 Å². The first-order chi connectivity index (χ1) is 9.00. The van der Waals surface area contributed by atoms with E-state index in [9.17, 15) is 9.36 Å². The van der Waals surface area contributed by atoms with E-state index in [1.165, 1.54) is 0 Å². The van der Waals surface area contributed by atoms with Gasteiger partial charge in [0.05, 0.1) is 18.9 Å². The van der Waals surface area contributed by atoms with E-state index in [4.69, 9.17) is 9.05 Å². The molecule has 1 aromatic carbocycles. The Bertz CT molecular complexity index is 471. The summed E-state index contributed by atoms with van der Waals surface area (Å²) >= 11 is 2.12. The van der Waals surface area contributed by atoms with Crippen molar-refractivity contribution in [1.29, 1.82) is 0 Å². The number of hydrogen-bond acceptors (Lipinski definition) is 4. The highest BCUT2D eigenvalue weighted by molar-refractivity contribution is 14.1. The van der Waals surface area contributed by atoms with Crippen LogP contribution >= 0.6 is 30.2 Å². The maximum Gasteiger partial charge on any atom is 0.340 e. The van der Waals surface area contributed by atoms with Crippen molar-refractivity contribution in [1.82, 2.24) is 0 Å². The number of halogens is 1. The van der Waals surface area contributed by atoms with Crippen molar-refractivity contribution < 1.29 is 18.4 Å². The quantitative estimate of drug-likeness (QED) is 0.565. The van der Waals surface area contributed by atoms with E-state index in [-0.39, 0.29) is 25.3 Å². The number of hydrogen-bond donors (Lipinski definition) is 1. The molecule has 0 aliphatic carbocycles. The lowest BCUT2D eigenvalue weighted by Gasteiger charge is -2.16. The first-order valence-electron chi connectivity index (χ1n) is 5.93. The van der Waals surface area contributed by atoms with Crippen LogP contribution in [0.25, 0.3) is 0 Å². The van der Waals surface area contributed by atoms with Crippen molar-refractivity contribution in [2.24, 2.45) is 0 Å². The molecule has 0 unspecified atom stereocenters. The summed E-state index contributed by atoms with van der Waals surface area (Å²) in [6, 6.07) is 7.36. The summed E-state index contributed by atoms with van der Waals surface area (Å²) in [4.78, 5) is 11.9. The molecule has 0 saturated heterocycles. The largest absolute Gasteiger partial charge is 0.340 e. The number of carbonyl (C=O) groups is 1. The van der Waals surface area contributed by atoms with Crippen LogP contribution in [0.3, 0.4) is 0 Å². The summed E-state index contributed by atoms with van der Waals surface area (Å²) < 4.78 is 23.3. The molecule has 19 heavy (non-hydrogen) atoms. The Kier molecular flexibility index (Phi) is 6.99. The van der Waals surface area contributed by atoms with Crippen LogP contribution in [0.1, 0.15) is 13.8 Å². The number of amides is 1. The highest BCUT2D eigenvalue weighted by Gasteiger charge is 2.27. The normalized spacial score (nSPS) is 11.3. The second-order valence-electron chi connectivity index (χ2n) is 3.63. The molecule has 0 aromatic heterocycles. The van der Waals surface area contributed by atoms with Crippen molar-refractivity contribution in [3.05, 3.63) is 27.8 Å². The maximum atomic E-state index is 12.2. The third-order valence-corrected chi connectivity index (χ3v) is 5.06. The Morgan fingerprint density at radius 3 is 2.37 bits per heavy atom. The smallest absolute Gasteiger partial charge is 0.325 e. The third-order valence-electron chi connectivity index (χ3n) is 2.14. The summed E-state index contributed by atoms with van der Waals surface area (Å²) in [5, 5.41) is 2.70. The molecule has 106 valence electrons. The van der Waals surface area contributed by atoms with Gasteiger partial charge in [-0.1, -0.05) is 12.1 Å². The van der Waals surface area contributed by atoms with Gasteiger partial charge in [-0.05, 0) is 48.6 Å². The van der Waals surface area contributed by atoms with Gasteiger partial charge < -0.3 is 14.4 Å². The predicted octanol–water partition coefficient (Wildman–Crippen LogP) is 3.50. The van der Waals surface area contributed by atoms with Crippen LogP contribution in [0.4, 0.5) is 5.69 Å². The second-order valence-corrected chi connectivity index (χ2v) is 6.85. The van der Waals surface area contributed by atoms with Crippen LogP contribution in [0.5, 0.6) is 0 Å². The van der Waals surface area contributed by atoms with E-state index in [1.54, 1.807) is 19.9 Å². The average molecular weight is 397 g/mol. The predicted molar refractivity (Wildman–Crippen MR) is 83.5 cm³/mol. The lowest BCUT2D eigenvalue weighted by molar-refractivity contribution is -0.114. The van der Waals surface area contributed by atoms with Gasteiger partial charge >= 0.3 is 7.60 Å². The van der Waals surface area contributed by atoms with Crippen LogP contribution < -0.4 is 5.32 Å². The van der Waals surface area contributed by atoms with Crippen molar-refractivity contribution in [2.45, 2.75) is 13.8 Å². The Morgan fingerprint density at radius 2 is 1.84 bits per heavy atom. The molecule has 0 heterocycles. The summed E-state index contributed by atoms with van der Waals surface area (Å²) in [6.07, 6.45) is -0.278. The van der Waals surface area contributed by atoms with Gasteiger partial charge in [0.2, 0.25) is 5.91 Å². The van der Waals surface area contributed by atoms with Crippen LogP contribution in [0, 0.1) is 3.57 Å². The zero-order valence-corrected chi connectivity index (χ0v) is 13.9. The van der Waals surface area contributed by atoms with Crippen molar-refractivity contribution in [3.8, 4) is 0 Å².